The van der Waals surface area contributed by atoms with Crippen LogP contribution in [0.3, 0.4) is 0 Å². The molecule has 0 amide bonds. The van der Waals surface area contributed by atoms with E-state index >= 15 is 0 Å². The zero-order chi connectivity index (χ0) is 19.8. The van der Waals surface area contributed by atoms with Crippen LogP contribution in [0.2, 0.25) is 5.02 Å². The summed E-state index contributed by atoms with van der Waals surface area (Å²) in [6, 6.07) is 15.1. The van der Waals surface area contributed by atoms with Gasteiger partial charge in [-0.15, -0.1) is 24.0 Å². The van der Waals surface area contributed by atoms with Crippen molar-refractivity contribution in [1.29, 1.82) is 0 Å². The number of hydrogen-bond acceptors (Lipinski definition) is 5. The molecule has 0 atom stereocenters. The molecule has 0 aliphatic heterocycles. The second-order valence-electron chi connectivity index (χ2n) is 5.88. The van der Waals surface area contributed by atoms with Crippen molar-refractivity contribution >= 4 is 41.5 Å². The minimum absolute atomic E-state index is 0. The van der Waals surface area contributed by atoms with Gasteiger partial charge in [0.15, 0.2) is 5.96 Å². The maximum atomic E-state index is 5.91. The molecular formula is C20H23ClIN5O2. The fourth-order valence-electron chi connectivity index (χ4n) is 2.54. The quantitative estimate of drug-likeness (QED) is 0.271. The van der Waals surface area contributed by atoms with Gasteiger partial charge in [0.25, 0.3) is 0 Å². The van der Waals surface area contributed by atoms with Crippen molar-refractivity contribution in [2.45, 2.75) is 20.0 Å². The van der Waals surface area contributed by atoms with Gasteiger partial charge in [0.2, 0.25) is 11.7 Å². The maximum absolute atomic E-state index is 5.91. The molecule has 1 aromatic heterocycles. The number of rotatable bonds is 7. The molecule has 3 rings (SSSR count). The summed E-state index contributed by atoms with van der Waals surface area (Å²) in [6.07, 6.45) is 0. The summed E-state index contributed by atoms with van der Waals surface area (Å²) in [5, 5.41) is 11.1. The van der Waals surface area contributed by atoms with Crippen LogP contribution in [0.15, 0.2) is 58.0 Å². The zero-order valence-corrected chi connectivity index (χ0v) is 19.3. The number of nitrogens with zero attached hydrogens (tertiary/aromatic N) is 3. The Hall–Kier alpha value is -2.33. The van der Waals surface area contributed by atoms with Crippen LogP contribution in [-0.4, -0.2) is 29.8 Å². The second kappa shape index (κ2) is 11.6. The molecule has 0 radical (unpaired) electrons. The molecule has 0 bridgehead atoms. The number of hydrogen-bond donors (Lipinski definition) is 2. The fraction of sp³-hybridized carbons (Fsp3) is 0.250. The lowest BCUT2D eigenvalue weighted by Crippen LogP contribution is -2.36. The third-order valence-electron chi connectivity index (χ3n) is 3.92. The van der Waals surface area contributed by atoms with Gasteiger partial charge in [-0.3, -0.25) is 0 Å². The van der Waals surface area contributed by atoms with Gasteiger partial charge in [-0.1, -0.05) is 35.0 Å². The van der Waals surface area contributed by atoms with Crippen molar-refractivity contribution in [3.8, 4) is 17.1 Å². The van der Waals surface area contributed by atoms with Crippen molar-refractivity contribution < 1.29 is 9.26 Å². The molecule has 7 nitrogen and oxygen atoms in total. The fourth-order valence-corrected chi connectivity index (χ4v) is 2.67. The summed E-state index contributed by atoms with van der Waals surface area (Å²) in [5.41, 5.74) is 1.85. The molecule has 3 aromatic rings. The highest BCUT2D eigenvalue weighted by Gasteiger charge is 2.09. The molecule has 0 aliphatic rings. The third kappa shape index (κ3) is 6.60. The van der Waals surface area contributed by atoms with E-state index in [9.17, 15) is 0 Å². The van der Waals surface area contributed by atoms with Gasteiger partial charge in [-0.05, 0) is 37.3 Å². The highest BCUT2D eigenvalue weighted by molar-refractivity contribution is 14.0. The summed E-state index contributed by atoms with van der Waals surface area (Å²) in [7, 11) is 1.65. The smallest absolute Gasteiger partial charge is 0.246 e. The van der Waals surface area contributed by atoms with Gasteiger partial charge < -0.3 is 19.9 Å². The summed E-state index contributed by atoms with van der Waals surface area (Å²) < 4.78 is 10.7. The number of para-hydroxylation sites is 1. The second-order valence-corrected chi connectivity index (χ2v) is 6.32. The van der Waals surface area contributed by atoms with E-state index in [0.717, 1.165) is 23.4 Å². The molecule has 2 aromatic carbocycles. The van der Waals surface area contributed by atoms with Gasteiger partial charge in [0.1, 0.15) is 5.75 Å². The Balaban J connectivity index is 0.00000300. The van der Waals surface area contributed by atoms with Gasteiger partial charge >= 0.3 is 0 Å². The summed E-state index contributed by atoms with van der Waals surface area (Å²) in [4.78, 5) is 8.99. The lowest BCUT2D eigenvalue weighted by Gasteiger charge is -2.10. The number of aliphatic imine (C=N–C) groups is 1. The number of benzene rings is 2. The Bertz CT molecular complexity index is 931. The SMILES string of the molecule is CCNC(=NCc1ccccc1OC)NCc1nc(-c2ccc(Cl)cc2)no1.I. The molecule has 9 heteroatoms. The predicted molar refractivity (Wildman–Crippen MR) is 125 cm³/mol. The monoisotopic (exact) mass is 527 g/mol. The Morgan fingerprint density at radius 3 is 2.62 bits per heavy atom. The van der Waals surface area contributed by atoms with Crippen molar-refractivity contribution in [3.63, 3.8) is 0 Å². The van der Waals surface area contributed by atoms with E-state index in [0.29, 0.717) is 35.8 Å². The van der Waals surface area contributed by atoms with Gasteiger partial charge in [-0.2, -0.15) is 4.98 Å². The number of methoxy groups -OCH3 is 1. The summed E-state index contributed by atoms with van der Waals surface area (Å²) in [6.45, 7) is 3.58. The Labute approximate surface area is 191 Å². The van der Waals surface area contributed by atoms with Crippen LogP contribution >= 0.6 is 35.6 Å². The highest BCUT2D eigenvalue weighted by atomic mass is 127. The lowest BCUT2D eigenvalue weighted by molar-refractivity contribution is 0.375. The molecular weight excluding hydrogens is 505 g/mol. The van der Waals surface area contributed by atoms with Gasteiger partial charge in [-0.25, -0.2) is 4.99 Å². The Kier molecular flexibility index (Phi) is 9.20. The van der Waals surface area contributed by atoms with Gasteiger partial charge in [0.05, 0.1) is 20.2 Å². The van der Waals surface area contributed by atoms with Crippen LogP contribution in [0.4, 0.5) is 0 Å². The van der Waals surface area contributed by atoms with Crippen molar-refractivity contribution in [2.24, 2.45) is 4.99 Å². The van der Waals surface area contributed by atoms with Crippen molar-refractivity contribution in [3.05, 3.63) is 65.0 Å². The largest absolute Gasteiger partial charge is 0.496 e. The Morgan fingerprint density at radius 2 is 1.90 bits per heavy atom. The molecule has 0 saturated heterocycles. The zero-order valence-electron chi connectivity index (χ0n) is 16.2. The van der Waals surface area contributed by atoms with Crippen LogP contribution < -0.4 is 15.4 Å². The minimum atomic E-state index is 0. The average Bonchev–Trinajstić information content (AvgIpc) is 3.20. The van der Waals surface area contributed by atoms with Crippen LogP contribution in [0.1, 0.15) is 18.4 Å². The standard InChI is InChI=1S/C20H22ClN5O2.HI/c1-3-22-20(23-12-15-6-4-5-7-17(15)27-2)24-13-18-25-19(26-28-18)14-8-10-16(21)11-9-14;/h4-11H,3,12-13H2,1-2H3,(H2,22,23,24);1H. The van der Waals surface area contributed by atoms with Crippen molar-refractivity contribution in [2.75, 3.05) is 13.7 Å². The molecule has 29 heavy (non-hydrogen) atoms. The summed E-state index contributed by atoms with van der Waals surface area (Å²) >= 11 is 5.91. The van der Waals surface area contributed by atoms with E-state index in [1.807, 2.05) is 43.3 Å². The van der Waals surface area contributed by atoms with Gasteiger partial charge in [0, 0.05) is 22.7 Å². The van der Waals surface area contributed by atoms with E-state index in [1.54, 1.807) is 19.2 Å². The molecule has 0 unspecified atom stereocenters. The van der Waals surface area contributed by atoms with E-state index in [4.69, 9.17) is 20.9 Å². The van der Waals surface area contributed by atoms with Crippen LogP contribution in [0, 0.1) is 0 Å². The highest BCUT2D eigenvalue weighted by Crippen LogP contribution is 2.19. The minimum Gasteiger partial charge on any atom is -0.496 e. The molecule has 0 spiro atoms. The Morgan fingerprint density at radius 1 is 1.14 bits per heavy atom. The number of guanidine groups is 1. The number of nitrogens with one attached hydrogen (secondary N) is 2. The van der Waals surface area contributed by atoms with Crippen molar-refractivity contribution in [1.82, 2.24) is 20.8 Å². The molecule has 154 valence electrons. The first-order valence-corrected chi connectivity index (χ1v) is 9.30. The number of ether oxygens (including phenoxy) is 1. The average molecular weight is 528 g/mol. The normalized spacial score (nSPS) is 10.9. The lowest BCUT2D eigenvalue weighted by atomic mass is 10.2. The van der Waals surface area contributed by atoms with Crippen LogP contribution in [0.5, 0.6) is 5.75 Å². The van der Waals surface area contributed by atoms with Crippen LogP contribution in [-0.2, 0) is 13.1 Å². The van der Waals surface area contributed by atoms with E-state index < -0.39 is 0 Å². The van der Waals surface area contributed by atoms with E-state index in [1.165, 1.54) is 0 Å². The molecule has 1 heterocycles. The number of halogens is 2. The molecule has 0 saturated carbocycles. The topological polar surface area (TPSA) is 84.6 Å². The molecule has 0 aliphatic carbocycles. The molecule has 0 fully saturated rings. The predicted octanol–water partition coefficient (Wildman–Crippen LogP) is 4.27. The van der Waals surface area contributed by atoms with E-state index in [-0.39, 0.29) is 24.0 Å². The first-order valence-electron chi connectivity index (χ1n) is 8.92. The first kappa shape index (κ1) is 23.0. The van der Waals surface area contributed by atoms with E-state index in [2.05, 4.69) is 25.8 Å². The first-order chi connectivity index (χ1) is 13.7. The maximum Gasteiger partial charge on any atom is 0.246 e. The summed E-state index contributed by atoms with van der Waals surface area (Å²) in [5.74, 6) is 2.45. The van der Waals surface area contributed by atoms with Crippen LogP contribution in [0.25, 0.3) is 11.4 Å². The number of aromatic nitrogens is 2. The molecule has 2 N–H and O–H groups in total. The third-order valence-corrected chi connectivity index (χ3v) is 4.17.